The van der Waals surface area contributed by atoms with E-state index in [1.807, 2.05) is 37.9 Å². The lowest BCUT2D eigenvalue weighted by atomic mass is 10.0. The minimum absolute atomic E-state index is 0.287. The number of piperidine rings is 1. The van der Waals surface area contributed by atoms with Crippen molar-refractivity contribution in [1.82, 2.24) is 24.4 Å². The minimum Gasteiger partial charge on any atom is -0.357 e. The maximum absolute atomic E-state index is 9.57. The van der Waals surface area contributed by atoms with Gasteiger partial charge in [-0.05, 0) is 31.0 Å². The van der Waals surface area contributed by atoms with Gasteiger partial charge in [0, 0.05) is 67.0 Å². The average Bonchev–Trinajstić information content (AvgIpc) is 3.40. The number of nitriles is 1. The van der Waals surface area contributed by atoms with Crippen LogP contribution in [-0.2, 0) is 7.05 Å². The highest BCUT2D eigenvalue weighted by Crippen LogP contribution is 2.32. The second-order valence-electron chi connectivity index (χ2n) is 7.74. The summed E-state index contributed by atoms with van der Waals surface area (Å²) in [6.45, 7) is 1.85. The molecule has 1 aliphatic heterocycles. The van der Waals surface area contributed by atoms with Crippen molar-refractivity contribution in [3.8, 4) is 28.3 Å². The maximum Gasteiger partial charge on any atom is 0.128 e. The Kier molecular flexibility index (Phi) is 4.45. The van der Waals surface area contributed by atoms with Crippen molar-refractivity contribution >= 4 is 11.3 Å². The first-order valence-electron chi connectivity index (χ1n) is 10.00. The van der Waals surface area contributed by atoms with E-state index in [0.717, 1.165) is 59.5 Å². The van der Waals surface area contributed by atoms with Gasteiger partial charge in [-0.25, -0.2) is 9.50 Å². The molecule has 1 aliphatic rings. The molecule has 4 aromatic rings. The lowest BCUT2D eigenvalue weighted by molar-refractivity contribution is 0.498. The van der Waals surface area contributed by atoms with Gasteiger partial charge in [-0.2, -0.15) is 15.5 Å². The summed E-state index contributed by atoms with van der Waals surface area (Å²) in [5, 5.41) is 18.2. The molecule has 150 valence electrons. The predicted molar refractivity (Wildman–Crippen MR) is 115 cm³/mol. The molecule has 30 heavy (non-hydrogen) atoms. The molecule has 4 aromatic heterocycles. The molecular weight excluding hydrogens is 376 g/mol. The van der Waals surface area contributed by atoms with E-state index in [0.29, 0.717) is 5.56 Å². The molecule has 0 saturated carbocycles. The first kappa shape index (κ1) is 18.3. The van der Waals surface area contributed by atoms with E-state index in [1.165, 1.54) is 0 Å². The van der Waals surface area contributed by atoms with Crippen LogP contribution >= 0.6 is 0 Å². The molecule has 5 heterocycles. The number of aromatic nitrogens is 5. The fourth-order valence-electron chi connectivity index (χ4n) is 4.01. The van der Waals surface area contributed by atoms with E-state index in [1.54, 1.807) is 15.4 Å². The third kappa shape index (κ3) is 3.19. The van der Waals surface area contributed by atoms with Crippen LogP contribution in [0.3, 0.4) is 0 Å². The lowest BCUT2D eigenvalue weighted by Gasteiger charge is -2.31. The van der Waals surface area contributed by atoms with Crippen LogP contribution < -0.4 is 10.6 Å². The summed E-state index contributed by atoms with van der Waals surface area (Å²) in [6.07, 6.45) is 11.2. The predicted octanol–water partition coefficient (Wildman–Crippen LogP) is 2.60. The summed E-state index contributed by atoms with van der Waals surface area (Å²) in [5.74, 6) is 0.957. The van der Waals surface area contributed by atoms with Gasteiger partial charge in [0.1, 0.15) is 11.9 Å². The van der Waals surface area contributed by atoms with E-state index in [-0.39, 0.29) is 6.04 Å². The zero-order chi connectivity index (χ0) is 20.7. The fourth-order valence-corrected chi connectivity index (χ4v) is 4.01. The van der Waals surface area contributed by atoms with E-state index < -0.39 is 0 Å². The Balaban J connectivity index is 1.58. The van der Waals surface area contributed by atoms with Gasteiger partial charge in [-0.15, -0.1) is 0 Å². The Morgan fingerprint density at radius 3 is 2.53 bits per heavy atom. The van der Waals surface area contributed by atoms with E-state index >= 15 is 0 Å². The molecule has 0 unspecified atom stereocenters. The number of aryl methyl sites for hydroxylation is 1. The topological polar surface area (TPSA) is 101 Å². The molecule has 0 spiro atoms. The molecule has 8 heteroatoms. The number of hydrogen-bond donors (Lipinski definition) is 1. The summed E-state index contributed by atoms with van der Waals surface area (Å²) in [4.78, 5) is 6.99. The number of nitrogens with zero attached hydrogens (tertiary/aromatic N) is 7. The Morgan fingerprint density at radius 2 is 1.87 bits per heavy atom. The highest BCUT2D eigenvalue weighted by molar-refractivity contribution is 5.87. The summed E-state index contributed by atoms with van der Waals surface area (Å²) >= 11 is 0. The van der Waals surface area contributed by atoms with Crippen molar-refractivity contribution in [2.75, 3.05) is 18.0 Å². The molecule has 0 amide bonds. The van der Waals surface area contributed by atoms with Crippen molar-refractivity contribution < 1.29 is 0 Å². The maximum atomic E-state index is 9.57. The summed E-state index contributed by atoms with van der Waals surface area (Å²) in [6, 6.07) is 8.72. The lowest BCUT2D eigenvalue weighted by Crippen LogP contribution is -2.40. The number of nitrogens with two attached hydrogens (primary N) is 1. The molecule has 0 radical (unpaired) electrons. The van der Waals surface area contributed by atoms with Gasteiger partial charge >= 0.3 is 0 Å². The van der Waals surface area contributed by atoms with Crippen molar-refractivity contribution in [3.05, 3.63) is 54.7 Å². The number of anilines is 1. The van der Waals surface area contributed by atoms with Crippen LogP contribution in [-0.4, -0.2) is 43.5 Å². The smallest absolute Gasteiger partial charge is 0.128 e. The van der Waals surface area contributed by atoms with Crippen LogP contribution in [0, 0.1) is 11.3 Å². The Morgan fingerprint density at radius 1 is 1.03 bits per heavy atom. The quantitative estimate of drug-likeness (QED) is 0.569. The van der Waals surface area contributed by atoms with Gasteiger partial charge < -0.3 is 10.6 Å². The Bertz CT molecular complexity index is 1240. The van der Waals surface area contributed by atoms with Crippen LogP contribution in [0.1, 0.15) is 18.4 Å². The van der Waals surface area contributed by atoms with Crippen molar-refractivity contribution in [3.63, 3.8) is 0 Å². The zero-order valence-corrected chi connectivity index (χ0v) is 16.7. The zero-order valence-electron chi connectivity index (χ0n) is 16.7. The molecule has 0 aliphatic carbocycles. The van der Waals surface area contributed by atoms with Crippen LogP contribution in [0.5, 0.6) is 0 Å². The Labute approximate surface area is 174 Å². The Hall–Kier alpha value is -3.70. The van der Waals surface area contributed by atoms with Crippen molar-refractivity contribution in [2.24, 2.45) is 12.8 Å². The van der Waals surface area contributed by atoms with E-state index in [4.69, 9.17) is 10.7 Å². The van der Waals surface area contributed by atoms with Crippen LogP contribution in [0.25, 0.3) is 27.8 Å². The monoisotopic (exact) mass is 398 g/mol. The molecule has 0 aromatic carbocycles. The summed E-state index contributed by atoms with van der Waals surface area (Å²) < 4.78 is 3.53. The molecule has 1 fully saturated rings. The van der Waals surface area contributed by atoms with Gasteiger partial charge in [-0.1, -0.05) is 0 Å². The number of fused-ring (bicyclic) bond motifs is 1. The largest absolute Gasteiger partial charge is 0.357 e. The second-order valence-corrected chi connectivity index (χ2v) is 7.74. The second kappa shape index (κ2) is 7.28. The van der Waals surface area contributed by atoms with Crippen LogP contribution in [0.2, 0.25) is 0 Å². The van der Waals surface area contributed by atoms with Crippen LogP contribution in [0.4, 0.5) is 5.82 Å². The third-order valence-corrected chi connectivity index (χ3v) is 5.69. The highest BCUT2D eigenvalue weighted by Gasteiger charge is 2.18. The third-order valence-electron chi connectivity index (χ3n) is 5.69. The molecule has 2 N–H and O–H groups in total. The SMILES string of the molecule is Cn1cc(-c2cc(-c3ccc(N4CCC(N)CC4)nc3)c3c(C#N)cnn3c2)cn1. The molecule has 0 bridgehead atoms. The van der Waals surface area contributed by atoms with Gasteiger partial charge in [0.05, 0.1) is 23.5 Å². The van der Waals surface area contributed by atoms with Gasteiger partial charge in [0.25, 0.3) is 0 Å². The summed E-state index contributed by atoms with van der Waals surface area (Å²) in [7, 11) is 1.89. The van der Waals surface area contributed by atoms with Gasteiger partial charge in [0.15, 0.2) is 0 Å². The average molecular weight is 398 g/mol. The molecular formula is C22H22N8. The normalized spacial score (nSPS) is 14.9. The number of hydrogen-bond acceptors (Lipinski definition) is 6. The molecule has 5 rings (SSSR count). The summed E-state index contributed by atoms with van der Waals surface area (Å²) in [5.41, 5.74) is 11.2. The first-order chi connectivity index (χ1) is 14.6. The van der Waals surface area contributed by atoms with Gasteiger partial charge in [-0.3, -0.25) is 4.68 Å². The van der Waals surface area contributed by atoms with Gasteiger partial charge in [0.2, 0.25) is 0 Å². The van der Waals surface area contributed by atoms with Crippen molar-refractivity contribution in [1.29, 1.82) is 5.26 Å². The number of rotatable bonds is 3. The highest BCUT2D eigenvalue weighted by atomic mass is 15.2. The minimum atomic E-state index is 0.287. The van der Waals surface area contributed by atoms with Crippen molar-refractivity contribution in [2.45, 2.75) is 18.9 Å². The fraction of sp³-hybridized carbons (Fsp3) is 0.273. The van der Waals surface area contributed by atoms with Crippen LogP contribution in [0.15, 0.2) is 49.2 Å². The van der Waals surface area contributed by atoms with E-state index in [9.17, 15) is 5.26 Å². The standard InChI is InChI=1S/C22H22N8/c1-28-13-18(12-26-28)16-8-20(22-17(9-23)11-27-30(22)14-16)15-2-3-21(25-10-15)29-6-4-19(24)5-7-29/h2-3,8,10-14,19H,4-7,24H2,1H3. The van der Waals surface area contributed by atoms with E-state index in [2.05, 4.69) is 33.3 Å². The molecule has 0 atom stereocenters. The first-order valence-corrected chi connectivity index (χ1v) is 10.00. The molecule has 8 nitrogen and oxygen atoms in total. The molecule has 1 saturated heterocycles. The number of pyridine rings is 2.